The van der Waals surface area contributed by atoms with Crippen molar-refractivity contribution in [2.24, 2.45) is 0 Å². The van der Waals surface area contributed by atoms with Gasteiger partial charge in [0.2, 0.25) is 5.91 Å². The van der Waals surface area contributed by atoms with Crippen LogP contribution in [0.3, 0.4) is 0 Å². The number of amides is 1. The van der Waals surface area contributed by atoms with E-state index in [1.54, 1.807) is 11.3 Å². The maximum absolute atomic E-state index is 11.2. The third-order valence-electron chi connectivity index (χ3n) is 2.02. The molecule has 4 nitrogen and oxygen atoms in total. The summed E-state index contributed by atoms with van der Waals surface area (Å²) < 4.78 is 0. The predicted octanol–water partition coefficient (Wildman–Crippen LogP) is 1.24. The van der Waals surface area contributed by atoms with Crippen molar-refractivity contribution in [3.63, 3.8) is 0 Å². The van der Waals surface area contributed by atoms with Crippen LogP contribution in [0.5, 0.6) is 0 Å². The van der Waals surface area contributed by atoms with E-state index in [1.165, 1.54) is 0 Å². The average molecular weight is 227 g/mol. The Balaban J connectivity index is 2.36. The number of likely N-dealkylation sites (N-methyl/N-ethyl adjacent to an activating group) is 1. The fourth-order valence-electron chi connectivity index (χ4n) is 1.19. The standard InChI is InChI=1S/C10H17N3OS/c1-4-11-10(14)5-12-7(2)9-6-15-8(3)13-9/h6-7,12H,4-5H2,1-3H3,(H,11,14). The summed E-state index contributed by atoms with van der Waals surface area (Å²) in [5.41, 5.74) is 1.00. The zero-order valence-corrected chi connectivity index (χ0v) is 10.1. The van der Waals surface area contributed by atoms with Gasteiger partial charge in [0.25, 0.3) is 0 Å². The van der Waals surface area contributed by atoms with Gasteiger partial charge in [0.15, 0.2) is 0 Å². The van der Waals surface area contributed by atoms with E-state index >= 15 is 0 Å². The predicted molar refractivity (Wildman–Crippen MR) is 62.0 cm³/mol. The second-order valence-corrected chi connectivity index (χ2v) is 4.41. The van der Waals surface area contributed by atoms with Crippen molar-refractivity contribution in [2.45, 2.75) is 26.8 Å². The SMILES string of the molecule is CCNC(=O)CNC(C)c1csc(C)n1. The lowest BCUT2D eigenvalue weighted by Crippen LogP contribution is -2.34. The van der Waals surface area contributed by atoms with E-state index in [9.17, 15) is 4.79 Å². The van der Waals surface area contributed by atoms with Gasteiger partial charge in [-0.05, 0) is 20.8 Å². The first-order valence-electron chi connectivity index (χ1n) is 5.05. The molecule has 0 aliphatic rings. The monoisotopic (exact) mass is 227 g/mol. The Morgan fingerprint density at radius 2 is 2.40 bits per heavy atom. The number of carbonyl (C=O) groups excluding carboxylic acids is 1. The molecule has 1 aromatic heterocycles. The molecule has 0 saturated carbocycles. The zero-order chi connectivity index (χ0) is 11.3. The molecule has 1 heterocycles. The lowest BCUT2D eigenvalue weighted by atomic mass is 10.2. The van der Waals surface area contributed by atoms with Crippen LogP contribution in [0, 0.1) is 6.92 Å². The Bertz CT molecular complexity index is 324. The summed E-state index contributed by atoms with van der Waals surface area (Å²) >= 11 is 1.63. The summed E-state index contributed by atoms with van der Waals surface area (Å²) in [5, 5.41) is 8.94. The van der Waals surface area contributed by atoms with E-state index < -0.39 is 0 Å². The van der Waals surface area contributed by atoms with Crippen molar-refractivity contribution in [3.05, 3.63) is 16.1 Å². The molecule has 0 bridgehead atoms. The number of aromatic nitrogens is 1. The molecule has 1 aromatic rings. The van der Waals surface area contributed by atoms with E-state index in [0.717, 1.165) is 10.7 Å². The number of rotatable bonds is 5. The maximum Gasteiger partial charge on any atom is 0.233 e. The van der Waals surface area contributed by atoms with Gasteiger partial charge in [0.1, 0.15) is 0 Å². The number of carbonyl (C=O) groups is 1. The largest absolute Gasteiger partial charge is 0.355 e. The number of nitrogens with zero attached hydrogens (tertiary/aromatic N) is 1. The van der Waals surface area contributed by atoms with E-state index in [2.05, 4.69) is 15.6 Å². The molecule has 0 aliphatic carbocycles. The van der Waals surface area contributed by atoms with Crippen molar-refractivity contribution in [3.8, 4) is 0 Å². The molecule has 1 unspecified atom stereocenters. The molecule has 0 radical (unpaired) electrons. The van der Waals surface area contributed by atoms with E-state index in [1.807, 2.05) is 26.2 Å². The van der Waals surface area contributed by atoms with Gasteiger partial charge < -0.3 is 10.6 Å². The fourth-order valence-corrected chi connectivity index (χ4v) is 1.90. The van der Waals surface area contributed by atoms with Gasteiger partial charge in [0.05, 0.1) is 17.2 Å². The second kappa shape index (κ2) is 5.82. The highest BCUT2D eigenvalue weighted by Crippen LogP contribution is 2.14. The van der Waals surface area contributed by atoms with Crippen LogP contribution < -0.4 is 10.6 Å². The second-order valence-electron chi connectivity index (χ2n) is 3.35. The molecule has 1 rings (SSSR count). The Hall–Kier alpha value is -0.940. The topological polar surface area (TPSA) is 54.0 Å². The van der Waals surface area contributed by atoms with Gasteiger partial charge in [-0.1, -0.05) is 0 Å². The van der Waals surface area contributed by atoms with Crippen LogP contribution in [0.15, 0.2) is 5.38 Å². The first-order chi connectivity index (χ1) is 7.13. The zero-order valence-electron chi connectivity index (χ0n) is 9.33. The minimum Gasteiger partial charge on any atom is -0.355 e. The molecular formula is C10H17N3OS. The van der Waals surface area contributed by atoms with Crippen LogP contribution in [0.2, 0.25) is 0 Å². The van der Waals surface area contributed by atoms with Crippen molar-refractivity contribution in [2.75, 3.05) is 13.1 Å². The van der Waals surface area contributed by atoms with Crippen LogP contribution in [0.1, 0.15) is 30.6 Å². The Morgan fingerprint density at radius 3 is 2.93 bits per heavy atom. The summed E-state index contributed by atoms with van der Waals surface area (Å²) in [7, 11) is 0. The lowest BCUT2D eigenvalue weighted by molar-refractivity contribution is -0.120. The minimum absolute atomic E-state index is 0.0244. The van der Waals surface area contributed by atoms with Gasteiger partial charge in [0, 0.05) is 18.0 Å². The summed E-state index contributed by atoms with van der Waals surface area (Å²) in [6, 6.07) is 0.123. The van der Waals surface area contributed by atoms with Crippen molar-refractivity contribution in [1.82, 2.24) is 15.6 Å². The van der Waals surface area contributed by atoms with Crippen molar-refractivity contribution in [1.29, 1.82) is 0 Å². The molecule has 84 valence electrons. The first-order valence-corrected chi connectivity index (χ1v) is 5.93. The third kappa shape index (κ3) is 3.97. The van der Waals surface area contributed by atoms with Crippen LogP contribution in [0.25, 0.3) is 0 Å². The van der Waals surface area contributed by atoms with Gasteiger partial charge in [-0.2, -0.15) is 0 Å². The number of nitrogens with one attached hydrogen (secondary N) is 2. The molecule has 15 heavy (non-hydrogen) atoms. The van der Waals surface area contributed by atoms with E-state index in [0.29, 0.717) is 13.1 Å². The maximum atomic E-state index is 11.2. The number of thiazole rings is 1. The summed E-state index contributed by atoms with van der Waals surface area (Å²) in [6.45, 7) is 6.90. The van der Waals surface area contributed by atoms with Gasteiger partial charge in [-0.3, -0.25) is 4.79 Å². The molecule has 1 amide bonds. The smallest absolute Gasteiger partial charge is 0.233 e. The van der Waals surface area contributed by atoms with Gasteiger partial charge >= 0.3 is 0 Å². The van der Waals surface area contributed by atoms with Crippen LogP contribution >= 0.6 is 11.3 Å². The average Bonchev–Trinajstić information content (AvgIpc) is 2.62. The molecule has 0 saturated heterocycles. The Kier molecular flexibility index (Phi) is 4.71. The Labute approximate surface area is 94.1 Å². The Morgan fingerprint density at radius 1 is 1.67 bits per heavy atom. The first kappa shape index (κ1) is 12.1. The number of hydrogen-bond donors (Lipinski definition) is 2. The van der Waals surface area contributed by atoms with Crippen LogP contribution in [-0.2, 0) is 4.79 Å². The fraction of sp³-hybridized carbons (Fsp3) is 0.600. The van der Waals surface area contributed by atoms with Crippen molar-refractivity contribution < 1.29 is 4.79 Å². The van der Waals surface area contributed by atoms with Crippen LogP contribution in [-0.4, -0.2) is 24.0 Å². The highest BCUT2D eigenvalue weighted by molar-refractivity contribution is 7.09. The lowest BCUT2D eigenvalue weighted by Gasteiger charge is -2.10. The molecule has 0 fully saturated rings. The normalized spacial score (nSPS) is 12.5. The van der Waals surface area contributed by atoms with E-state index in [-0.39, 0.29) is 11.9 Å². The molecule has 2 N–H and O–H groups in total. The molecule has 0 aromatic carbocycles. The highest BCUT2D eigenvalue weighted by Gasteiger charge is 2.09. The van der Waals surface area contributed by atoms with Gasteiger partial charge in [-0.25, -0.2) is 4.98 Å². The number of aryl methyl sites for hydroxylation is 1. The quantitative estimate of drug-likeness (QED) is 0.795. The molecule has 0 spiro atoms. The van der Waals surface area contributed by atoms with Gasteiger partial charge in [-0.15, -0.1) is 11.3 Å². The summed E-state index contributed by atoms with van der Waals surface area (Å²) in [4.78, 5) is 15.6. The summed E-state index contributed by atoms with van der Waals surface area (Å²) in [5.74, 6) is 0.0244. The minimum atomic E-state index is 0.0244. The van der Waals surface area contributed by atoms with Crippen molar-refractivity contribution >= 4 is 17.2 Å². The third-order valence-corrected chi connectivity index (χ3v) is 2.81. The number of hydrogen-bond acceptors (Lipinski definition) is 4. The summed E-state index contributed by atoms with van der Waals surface area (Å²) in [6.07, 6.45) is 0. The molecule has 0 aliphatic heterocycles. The molecule has 5 heteroatoms. The highest BCUT2D eigenvalue weighted by atomic mass is 32.1. The van der Waals surface area contributed by atoms with Crippen LogP contribution in [0.4, 0.5) is 0 Å². The molecular weight excluding hydrogens is 210 g/mol. The molecule has 1 atom stereocenters. The van der Waals surface area contributed by atoms with E-state index in [4.69, 9.17) is 0 Å².